The van der Waals surface area contributed by atoms with Gasteiger partial charge in [0.05, 0.1) is 28.2 Å². The van der Waals surface area contributed by atoms with Crippen molar-refractivity contribution in [2.24, 2.45) is 0 Å². The number of carbonyl (C=O) groups excluding carboxylic acids is 1. The molecule has 0 aliphatic rings. The normalized spacial score (nSPS) is 9.86. The largest absolute Gasteiger partial charge is 0.457 e. The highest BCUT2D eigenvalue weighted by Crippen LogP contribution is 2.24. The lowest BCUT2D eigenvalue weighted by atomic mass is 10.0. The first-order chi connectivity index (χ1) is 14.0. The molecule has 0 atom stereocenters. The maximum absolute atomic E-state index is 12.5. The van der Waals surface area contributed by atoms with E-state index in [0.29, 0.717) is 22.6 Å². The van der Waals surface area contributed by atoms with Gasteiger partial charge < -0.3 is 4.74 Å². The predicted octanol–water partition coefficient (Wildman–Crippen LogP) is 4.56. The van der Waals surface area contributed by atoms with Crippen molar-refractivity contribution in [2.45, 2.75) is 6.42 Å². The van der Waals surface area contributed by atoms with Crippen molar-refractivity contribution in [1.82, 2.24) is 0 Å². The second kappa shape index (κ2) is 8.47. The van der Waals surface area contributed by atoms with E-state index in [2.05, 4.69) is 0 Å². The van der Waals surface area contributed by atoms with Crippen LogP contribution in [0.5, 0.6) is 11.5 Å². The molecule has 0 saturated heterocycles. The van der Waals surface area contributed by atoms with Gasteiger partial charge in [-0.1, -0.05) is 6.07 Å². The van der Waals surface area contributed by atoms with Crippen LogP contribution in [-0.2, 0) is 6.42 Å². The quantitative estimate of drug-likeness (QED) is 0.350. The Bertz CT molecular complexity index is 1150. The van der Waals surface area contributed by atoms with Gasteiger partial charge in [-0.15, -0.1) is 0 Å². The molecule has 0 spiro atoms. The summed E-state index contributed by atoms with van der Waals surface area (Å²) in [4.78, 5) is 23.1. The molecule has 0 aliphatic carbocycles. The van der Waals surface area contributed by atoms with Crippen molar-refractivity contribution < 1.29 is 14.5 Å². The van der Waals surface area contributed by atoms with Crippen LogP contribution >= 0.6 is 0 Å². The Balaban J connectivity index is 1.73. The summed E-state index contributed by atoms with van der Waals surface area (Å²) in [6.45, 7) is 0. The van der Waals surface area contributed by atoms with Crippen molar-refractivity contribution in [2.75, 3.05) is 0 Å². The van der Waals surface area contributed by atoms with Crippen molar-refractivity contribution in [3.8, 4) is 23.6 Å². The Hall–Kier alpha value is -4.49. The molecular weight excluding hydrogens is 370 g/mol. The van der Waals surface area contributed by atoms with E-state index < -0.39 is 4.92 Å². The molecule has 0 radical (unpaired) electrons. The molecular formula is C22H13N3O4. The Morgan fingerprint density at radius 2 is 1.45 bits per heavy atom. The van der Waals surface area contributed by atoms with Crippen LogP contribution in [-0.4, -0.2) is 10.7 Å². The average molecular weight is 383 g/mol. The van der Waals surface area contributed by atoms with Crippen LogP contribution in [0.4, 0.5) is 5.69 Å². The molecule has 0 N–H and O–H groups in total. The number of nitro benzene ring substituents is 1. The summed E-state index contributed by atoms with van der Waals surface area (Å²) in [5.41, 5.74) is 1.07. The van der Waals surface area contributed by atoms with Crippen LogP contribution in [0.25, 0.3) is 0 Å². The van der Waals surface area contributed by atoms with Gasteiger partial charge in [-0.2, -0.15) is 10.5 Å². The highest BCUT2D eigenvalue weighted by Gasteiger charge is 2.18. The number of benzene rings is 3. The number of nitro groups is 1. The van der Waals surface area contributed by atoms with Crippen molar-refractivity contribution in [1.29, 1.82) is 10.5 Å². The minimum atomic E-state index is -0.599. The number of carbonyl (C=O) groups is 1. The lowest BCUT2D eigenvalue weighted by molar-refractivity contribution is -0.385. The zero-order valence-corrected chi connectivity index (χ0v) is 15.0. The summed E-state index contributed by atoms with van der Waals surface area (Å²) in [6, 6.07) is 20.9. The molecule has 3 rings (SSSR count). The van der Waals surface area contributed by atoms with Crippen LogP contribution in [0.1, 0.15) is 27.0 Å². The summed E-state index contributed by atoms with van der Waals surface area (Å²) in [7, 11) is 0. The number of Topliss-reactive ketones (excluding diaryl/α,β-unsaturated/α-hetero) is 1. The number of nitriles is 2. The Labute approximate surface area is 166 Å². The van der Waals surface area contributed by atoms with E-state index in [0.717, 1.165) is 6.07 Å². The topological polar surface area (TPSA) is 117 Å². The third-order valence-corrected chi connectivity index (χ3v) is 4.16. The number of hydrogen-bond donors (Lipinski definition) is 0. The van der Waals surface area contributed by atoms with E-state index in [9.17, 15) is 14.9 Å². The van der Waals surface area contributed by atoms with E-state index in [4.69, 9.17) is 15.3 Å². The molecule has 0 amide bonds. The third kappa shape index (κ3) is 4.62. The van der Waals surface area contributed by atoms with Gasteiger partial charge in [0, 0.05) is 23.6 Å². The van der Waals surface area contributed by atoms with Gasteiger partial charge in [-0.3, -0.25) is 14.9 Å². The maximum Gasteiger partial charge on any atom is 0.274 e. The summed E-state index contributed by atoms with van der Waals surface area (Å²) < 4.78 is 5.67. The molecule has 0 fully saturated rings. The SMILES string of the molecule is N#Cc1ccc(Oc2ccc(C(=O)Cc3ccc(C#N)cc3[N+](=O)[O-])cc2)cc1. The average Bonchev–Trinajstić information content (AvgIpc) is 2.75. The molecule has 140 valence electrons. The van der Waals surface area contributed by atoms with Gasteiger partial charge in [0.1, 0.15) is 11.5 Å². The summed E-state index contributed by atoms with van der Waals surface area (Å²) in [6.07, 6.45) is -0.155. The van der Waals surface area contributed by atoms with Crippen molar-refractivity contribution in [3.63, 3.8) is 0 Å². The first-order valence-electron chi connectivity index (χ1n) is 8.49. The molecule has 0 saturated carbocycles. The summed E-state index contributed by atoms with van der Waals surface area (Å²) in [5.74, 6) is 0.773. The van der Waals surface area contributed by atoms with E-state index in [1.165, 1.54) is 12.1 Å². The molecule has 7 nitrogen and oxygen atoms in total. The van der Waals surface area contributed by atoms with Gasteiger partial charge in [0.25, 0.3) is 5.69 Å². The fourth-order valence-electron chi connectivity index (χ4n) is 2.67. The molecule has 7 heteroatoms. The van der Waals surface area contributed by atoms with E-state index >= 15 is 0 Å². The summed E-state index contributed by atoms with van der Waals surface area (Å²) >= 11 is 0. The van der Waals surface area contributed by atoms with Crippen LogP contribution in [0.2, 0.25) is 0 Å². The second-order valence-corrected chi connectivity index (χ2v) is 6.07. The number of nitrogens with zero attached hydrogens (tertiary/aromatic N) is 3. The standard InChI is InChI=1S/C22H13N3O4/c23-13-15-2-7-19(8-3-15)29-20-9-5-17(6-10-20)22(26)12-18-4-1-16(14-24)11-21(18)25(27)28/h1-11H,12H2. The minimum Gasteiger partial charge on any atom is -0.457 e. The van der Waals surface area contributed by atoms with Crippen LogP contribution in [0.15, 0.2) is 66.7 Å². The van der Waals surface area contributed by atoms with E-state index in [-0.39, 0.29) is 29.0 Å². The maximum atomic E-state index is 12.5. The molecule has 29 heavy (non-hydrogen) atoms. The van der Waals surface area contributed by atoms with Gasteiger partial charge in [-0.05, 0) is 54.6 Å². The van der Waals surface area contributed by atoms with Crippen molar-refractivity contribution in [3.05, 3.63) is 99.1 Å². The third-order valence-electron chi connectivity index (χ3n) is 4.16. The molecule has 3 aromatic rings. The first-order valence-corrected chi connectivity index (χ1v) is 8.49. The molecule has 0 aromatic heterocycles. The Kier molecular flexibility index (Phi) is 5.63. The zero-order chi connectivity index (χ0) is 20.8. The molecule has 3 aromatic carbocycles. The lowest BCUT2D eigenvalue weighted by Gasteiger charge is -2.07. The number of hydrogen-bond acceptors (Lipinski definition) is 6. The Morgan fingerprint density at radius 3 is 2.00 bits per heavy atom. The smallest absolute Gasteiger partial charge is 0.274 e. The fraction of sp³-hybridized carbons (Fsp3) is 0.0455. The predicted molar refractivity (Wildman–Crippen MR) is 104 cm³/mol. The highest BCUT2D eigenvalue weighted by atomic mass is 16.6. The van der Waals surface area contributed by atoms with Crippen LogP contribution in [0, 0.1) is 32.8 Å². The van der Waals surface area contributed by atoms with Crippen LogP contribution in [0.3, 0.4) is 0 Å². The molecule has 0 heterocycles. The molecule has 0 aliphatic heterocycles. The minimum absolute atomic E-state index is 0.155. The van der Waals surface area contributed by atoms with Gasteiger partial charge >= 0.3 is 0 Å². The first kappa shape index (κ1) is 19.3. The van der Waals surface area contributed by atoms with Crippen LogP contribution < -0.4 is 4.74 Å². The molecule has 0 unspecified atom stereocenters. The van der Waals surface area contributed by atoms with Gasteiger partial charge in [-0.25, -0.2) is 0 Å². The number of rotatable bonds is 6. The molecule has 0 bridgehead atoms. The van der Waals surface area contributed by atoms with Gasteiger partial charge in [0.15, 0.2) is 5.78 Å². The summed E-state index contributed by atoms with van der Waals surface area (Å²) in [5, 5.41) is 28.9. The van der Waals surface area contributed by atoms with E-state index in [1.807, 2.05) is 12.1 Å². The van der Waals surface area contributed by atoms with Gasteiger partial charge in [0.2, 0.25) is 0 Å². The monoisotopic (exact) mass is 383 g/mol. The van der Waals surface area contributed by atoms with E-state index in [1.54, 1.807) is 48.5 Å². The lowest BCUT2D eigenvalue weighted by Crippen LogP contribution is -2.06. The number of ether oxygens (including phenoxy) is 1. The van der Waals surface area contributed by atoms with Crippen molar-refractivity contribution >= 4 is 11.5 Å². The Morgan fingerprint density at radius 1 is 0.897 bits per heavy atom. The highest BCUT2D eigenvalue weighted by molar-refractivity contribution is 5.98. The zero-order valence-electron chi connectivity index (χ0n) is 15.0. The fourth-order valence-corrected chi connectivity index (χ4v) is 2.67. The second-order valence-electron chi connectivity index (χ2n) is 6.07. The number of ketones is 1.